The summed E-state index contributed by atoms with van der Waals surface area (Å²) in [7, 11) is 1.92. The molecule has 1 saturated carbocycles. The van der Waals surface area contributed by atoms with E-state index in [-0.39, 0.29) is 17.0 Å². The fourth-order valence-corrected chi connectivity index (χ4v) is 5.24. The number of hydrogen-bond donors (Lipinski definition) is 1. The summed E-state index contributed by atoms with van der Waals surface area (Å²) in [4.78, 5) is 14.6. The van der Waals surface area contributed by atoms with Gasteiger partial charge in [0, 0.05) is 19.6 Å². The molecule has 146 valence electrons. The first-order chi connectivity index (χ1) is 13.0. The Morgan fingerprint density at radius 2 is 2.00 bits per heavy atom. The van der Waals surface area contributed by atoms with Crippen LogP contribution >= 0.6 is 23.1 Å². The van der Waals surface area contributed by atoms with Gasteiger partial charge in [0.05, 0.1) is 5.25 Å². The Kier molecular flexibility index (Phi) is 7.07. The summed E-state index contributed by atoms with van der Waals surface area (Å²) in [5.74, 6) is -0.0897. The van der Waals surface area contributed by atoms with Crippen LogP contribution in [0.3, 0.4) is 0 Å². The standard InChI is InChI=1S/C19H25FN4OS2/c1-13(17(25)24(2)16-6-4-3-5-7-16)26-19-23-22-18(27-19)21-12-14-8-10-15(20)11-9-14/h8-11,13,16H,3-7,12H2,1-2H3,(H,21,22). The van der Waals surface area contributed by atoms with Gasteiger partial charge in [-0.25, -0.2) is 4.39 Å². The van der Waals surface area contributed by atoms with Crippen molar-refractivity contribution in [3.05, 3.63) is 35.6 Å². The largest absolute Gasteiger partial charge is 0.356 e. The topological polar surface area (TPSA) is 58.1 Å². The van der Waals surface area contributed by atoms with E-state index < -0.39 is 0 Å². The molecule has 1 aliphatic rings. The summed E-state index contributed by atoms with van der Waals surface area (Å²) in [6.07, 6.45) is 5.92. The van der Waals surface area contributed by atoms with Gasteiger partial charge >= 0.3 is 0 Å². The van der Waals surface area contributed by atoms with Gasteiger partial charge in [0.15, 0.2) is 4.34 Å². The van der Waals surface area contributed by atoms with E-state index in [1.165, 1.54) is 54.5 Å². The average Bonchev–Trinajstić information content (AvgIpc) is 3.14. The number of aromatic nitrogens is 2. The Bertz CT molecular complexity index is 746. The SMILES string of the molecule is CC(Sc1nnc(NCc2ccc(F)cc2)s1)C(=O)N(C)C1CCCCC1. The first kappa shape index (κ1) is 20.1. The third-order valence-corrected chi connectivity index (χ3v) is 6.91. The van der Waals surface area contributed by atoms with Crippen LogP contribution in [0.15, 0.2) is 28.6 Å². The summed E-state index contributed by atoms with van der Waals surface area (Å²) in [5, 5.41) is 12.0. The Morgan fingerprint density at radius 3 is 2.70 bits per heavy atom. The molecule has 1 aromatic heterocycles. The van der Waals surface area contributed by atoms with Gasteiger partial charge in [-0.3, -0.25) is 4.79 Å². The number of carbonyl (C=O) groups excluding carboxylic acids is 1. The highest BCUT2D eigenvalue weighted by Crippen LogP contribution is 2.31. The quantitative estimate of drug-likeness (QED) is 0.681. The second-order valence-electron chi connectivity index (χ2n) is 6.85. The minimum Gasteiger partial charge on any atom is -0.356 e. The van der Waals surface area contributed by atoms with Crippen molar-refractivity contribution in [2.24, 2.45) is 0 Å². The number of rotatable bonds is 7. The van der Waals surface area contributed by atoms with Crippen LogP contribution in [0, 0.1) is 5.82 Å². The molecule has 0 bridgehead atoms. The van der Waals surface area contributed by atoms with Gasteiger partial charge in [0.2, 0.25) is 11.0 Å². The predicted octanol–water partition coefficient (Wildman–Crippen LogP) is 4.56. The maximum atomic E-state index is 12.9. The van der Waals surface area contributed by atoms with Crippen molar-refractivity contribution in [2.45, 2.75) is 61.2 Å². The Balaban J connectivity index is 1.50. The lowest BCUT2D eigenvalue weighted by Crippen LogP contribution is -2.42. The second-order valence-corrected chi connectivity index (χ2v) is 9.42. The van der Waals surface area contributed by atoms with E-state index in [2.05, 4.69) is 15.5 Å². The molecule has 0 saturated heterocycles. The van der Waals surface area contributed by atoms with E-state index in [9.17, 15) is 9.18 Å². The van der Waals surface area contributed by atoms with E-state index in [0.717, 1.165) is 22.7 Å². The minimum absolute atomic E-state index is 0.155. The highest BCUT2D eigenvalue weighted by molar-refractivity contribution is 8.02. The van der Waals surface area contributed by atoms with Crippen molar-refractivity contribution in [3.63, 3.8) is 0 Å². The third-order valence-electron chi connectivity index (χ3n) is 4.86. The first-order valence-corrected chi connectivity index (χ1v) is 11.0. The highest BCUT2D eigenvalue weighted by Gasteiger charge is 2.26. The summed E-state index contributed by atoms with van der Waals surface area (Å²) in [6, 6.07) is 6.72. The zero-order valence-electron chi connectivity index (χ0n) is 15.7. The number of amides is 1. The molecule has 1 atom stereocenters. The summed E-state index contributed by atoms with van der Waals surface area (Å²) in [5.41, 5.74) is 0.971. The first-order valence-electron chi connectivity index (χ1n) is 9.28. The predicted molar refractivity (Wildman–Crippen MR) is 109 cm³/mol. The smallest absolute Gasteiger partial charge is 0.235 e. The third kappa shape index (κ3) is 5.65. The molecule has 5 nitrogen and oxygen atoms in total. The van der Waals surface area contributed by atoms with Gasteiger partial charge in [-0.1, -0.05) is 54.5 Å². The number of anilines is 1. The summed E-state index contributed by atoms with van der Waals surface area (Å²) < 4.78 is 13.7. The van der Waals surface area contributed by atoms with Crippen molar-refractivity contribution in [2.75, 3.05) is 12.4 Å². The van der Waals surface area contributed by atoms with Crippen LogP contribution in [0.2, 0.25) is 0 Å². The molecule has 0 spiro atoms. The van der Waals surface area contributed by atoms with Crippen LogP contribution < -0.4 is 5.32 Å². The molecule has 1 fully saturated rings. The lowest BCUT2D eigenvalue weighted by Gasteiger charge is -2.32. The van der Waals surface area contributed by atoms with Gasteiger partial charge in [-0.15, -0.1) is 10.2 Å². The fourth-order valence-electron chi connectivity index (χ4n) is 3.25. The number of thioether (sulfide) groups is 1. The molecule has 8 heteroatoms. The molecular formula is C19H25FN4OS2. The molecule has 1 unspecified atom stereocenters. The van der Waals surface area contributed by atoms with E-state index in [0.29, 0.717) is 17.7 Å². The monoisotopic (exact) mass is 408 g/mol. The van der Waals surface area contributed by atoms with Crippen molar-refractivity contribution in [1.82, 2.24) is 15.1 Å². The maximum absolute atomic E-state index is 12.9. The van der Waals surface area contributed by atoms with Crippen molar-refractivity contribution >= 4 is 34.1 Å². The average molecular weight is 409 g/mol. The molecule has 3 rings (SSSR count). The van der Waals surface area contributed by atoms with E-state index in [4.69, 9.17) is 0 Å². The highest BCUT2D eigenvalue weighted by atomic mass is 32.2. The molecule has 0 aliphatic heterocycles. The lowest BCUT2D eigenvalue weighted by molar-refractivity contribution is -0.131. The molecule has 1 amide bonds. The number of nitrogens with zero attached hydrogens (tertiary/aromatic N) is 3. The van der Waals surface area contributed by atoms with Crippen molar-refractivity contribution in [3.8, 4) is 0 Å². The molecule has 1 aliphatic carbocycles. The minimum atomic E-state index is -0.245. The maximum Gasteiger partial charge on any atom is 0.235 e. The van der Waals surface area contributed by atoms with Gasteiger partial charge in [0.25, 0.3) is 0 Å². The van der Waals surface area contributed by atoms with E-state index >= 15 is 0 Å². The Labute approximate surface area is 167 Å². The summed E-state index contributed by atoms with van der Waals surface area (Å²) in [6.45, 7) is 2.48. The van der Waals surface area contributed by atoms with Gasteiger partial charge in [-0.05, 0) is 37.5 Å². The van der Waals surface area contributed by atoms with E-state index in [1.807, 2.05) is 18.9 Å². The number of nitrogens with one attached hydrogen (secondary N) is 1. The van der Waals surface area contributed by atoms with Crippen LogP contribution in [0.5, 0.6) is 0 Å². The van der Waals surface area contributed by atoms with Gasteiger partial charge in [0.1, 0.15) is 5.82 Å². The normalized spacial score (nSPS) is 16.1. The fraction of sp³-hybridized carbons (Fsp3) is 0.526. The Morgan fingerprint density at radius 1 is 1.30 bits per heavy atom. The zero-order valence-corrected chi connectivity index (χ0v) is 17.3. The number of hydrogen-bond acceptors (Lipinski definition) is 6. The molecule has 0 radical (unpaired) electrons. The molecule has 1 heterocycles. The van der Waals surface area contributed by atoms with Crippen molar-refractivity contribution in [1.29, 1.82) is 0 Å². The van der Waals surface area contributed by atoms with Crippen LogP contribution in [0.4, 0.5) is 9.52 Å². The zero-order chi connectivity index (χ0) is 19.2. The van der Waals surface area contributed by atoms with Crippen LogP contribution in [-0.2, 0) is 11.3 Å². The van der Waals surface area contributed by atoms with Crippen LogP contribution in [0.1, 0.15) is 44.6 Å². The molecular weight excluding hydrogens is 383 g/mol. The second kappa shape index (κ2) is 9.50. The van der Waals surface area contributed by atoms with Crippen LogP contribution in [0.25, 0.3) is 0 Å². The van der Waals surface area contributed by atoms with E-state index in [1.54, 1.807) is 12.1 Å². The van der Waals surface area contributed by atoms with Gasteiger partial charge in [-0.2, -0.15) is 0 Å². The van der Waals surface area contributed by atoms with Crippen molar-refractivity contribution < 1.29 is 9.18 Å². The molecule has 1 aromatic carbocycles. The lowest BCUT2D eigenvalue weighted by atomic mass is 9.94. The van der Waals surface area contributed by atoms with Gasteiger partial charge < -0.3 is 10.2 Å². The number of carbonyl (C=O) groups is 1. The number of halogens is 1. The molecule has 2 aromatic rings. The molecule has 27 heavy (non-hydrogen) atoms. The Hall–Kier alpha value is -1.67. The summed E-state index contributed by atoms with van der Waals surface area (Å²) >= 11 is 2.89. The van der Waals surface area contributed by atoms with Crippen LogP contribution in [-0.4, -0.2) is 39.3 Å². The number of benzene rings is 1. The molecule has 1 N–H and O–H groups in total.